The Morgan fingerprint density at radius 3 is 2.47 bits per heavy atom. The Morgan fingerprint density at radius 2 is 1.80 bits per heavy atom. The van der Waals surface area contributed by atoms with E-state index in [0.29, 0.717) is 26.1 Å². The predicted octanol–water partition coefficient (Wildman–Crippen LogP) is 1.83. The van der Waals surface area contributed by atoms with E-state index in [1.165, 1.54) is 5.56 Å². The number of aromatic nitrogens is 2. The molecule has 1 aliphatic rings. The molecule has 8 heteroatoms. The maximum atomic E-state index is 12.6. The van der Waals surface area contributed by atoms with Crippen molar-refractivity contribution in [1.82, 2.24) is 25.5 Å². The Labute approximate surface area is 178 Å². The third-order valence-corrected chi connectivity index (χ3v) is 5.06. The van der Waals surface area contributed by atoms with E-state index in [1.807, 2.05) is 30.0 Å². The van der Waals surface area contributed by atoms with E-state index in [2.05, 4.69) is 49.6 Å². The standard InChI is InChI=1S/C22H31N7O/c1-3-23-21(27-18(2)19-8-5-4-6-9-19)24-13-10-20(30)28-14-16-29(17-15-28)22-25-11-7-12-26-22/h4-9,11-12,18H,3,10,13-17H2,1-2H3,(H2,23,24,27). The number of carbonyl (C=O) groups excluding carboxylic acids is 1. The fraction of sp³-hybridized carbons (Fsp3) is 0.455. The van der Waals surface area contributed by atoms with Gasteiger partial charge in [0.1, 0.15) is 0 Å². The van der Waals surface area contributed by atoms with Crippen molar-refractivity contribution in [3.8, 4) is 0 Å². The van der Waals surface area contributed by atoms with Gasteiger partial charge in [0.2, 0.25) is 11.9 Å². The SMILES string of the molecule is CCNC(=NCCC(=O)N1CCN(c2ncccn2)CC1)NC(C)c1ccccc1. The number of aliphatic imine (C=N–C) groups is 1. The highest BCUT2D eigenvalue weighted by atomic mass is 16.2. The van der Waals surface area contributed by atoms with Crippen LogP contribution in [-0.4, -0.2) is 66.0 Å². The second kappa shape index (κ2) is 11.1. The Kier molecular flexibility index (Phi) is 8.00. The van der Waals surface area contributed by atoms with E-state index in [9.17, 15) is 4.79 Å². The van der Waals surface area contributed by atoms with Gasteiger partial charge in [-0.2, -0.15) is 0 Å². The van der Waals surface area contributed by atoms with Crippen molar-refractivity contribution in [1.29, 1.82) is 0 Å². The summed E-state index contributed by atoms with van der Waals surface area (Å²) in [6, 6.07) is 12.2. The molecule has 1 unspecified atom stereocenters. The molecule has 160 valence electrons. The van der Waals surface area contributed by atoms with Crippen molar-refractivity contribution in [2.45, 2.75) is 26.3 Å². The largest absolute Gasteiger partial charge is 0.357 e. The van der Waals surface area contributed by atoms with Gasteiger partial charge in [-0.05, 0) is 25.5 Å². The van der Waals surface area contributed by atoms with Crippen molar-refractivity contribution in [3.05, 3.63) is 54.4 Å². The van der Waals surface area contributed by atoms with Gasteiger partial charge in [0, 0.05) is 51.5 Å². The fourth-order valence-electron chi connectivity index (χ4n) is 3.38. The highest BCUT2D eigenvalue weighted by Crippen LogP contribution is 2.12. The molecule has 0 spiro atoms. The lowest BCUT2D eigenvalue weighted by atomic mass is 10.1. The van der Waals surface area contributed by atoms with Crippen LogP contribution in [0, 0.1) is 0 Å². The number of piperazine rings is 1. The number of amides is 1. The molecule has 1 amide bonds. The maximum Gasteiger partial charge on any atom is 0.225 e. The van der Waals surface area contributed by atoms with Crippen molar-refractivity contribution in [2.75, 3.05) is 44.2 Å². The molecule has 30 heavy (non-hydrogen) atoms. The van der Waals surface area contributed by atoms with Crippen LogP contribution < -0.4 is 15.5 Å². The van der Waals surface area contributed by atoms with Gasteiger partial charge in [0.05, 0.1) is 12.6 Å². The molecule has 2 heterocycles. The highest BCUT2D eigenvalue weighted by molar-refractivity contribution is 5.81. The van der Waals surface area contributed by atoms with Gasteiger partial charge in [0.25, 0.3) is 0 Å². The molecule has 0 bridgehead atoms. The van der Waals surface area contributed by atoms with Crippen LogP contribution in [0.3, 0.4) is 0 Å². The first kappa shape index (κ1) is 21.5. The summed E-state index contributed by atoms with van der Waals surface area (Å²) in [6.45, 7) is 8.22. The molecule has 1 fully saturated rings. The van der Waals surface area contributed by atoms with Gasteiger partial charge >= 0.3 is 0 Å². The zero-order chi connectivity index (χ0) is 21.2. The zero-order valence-corrected chi connectivity index (χ0v) is 17.8. The minimum atomic E-state index is 0.132. The van der Waals surface area contributed by atoms with Gasteiger partial charge in [-0.25, -0.2) is 9.97 Å². The molecule has 2 aromatic rings. The number of benzene rings is 1. The smallest absolute Gasteiger partial charge is 0.225 e. The Morgan fingerprint density at radius 1 is 1.10 bits per heavy atom. The molecule has 1 aromatic carbocycles. The average molecular weight is 410 g/mol. The quantitative estimate of drug-likeness (QED) is 0.536. The third-order valence-electron chi connectivity index (χ3n) is 5.06. The van der Waals surface area contributed by atoms with Gasteiger partial charge in [-0.15, -0.1) is 0 Å². The summed E-state index contributed by atoms with van der Waals surface area (Å²) in [5.41, 5.74) is 1.19. The van der Waals surface area contributed by atoms with E-state index in [0.717, 1.165) is 31.5 Å². The first-order valence-electron chi connectivity index (χ1n) is 10.6. The monoisotopic (exact) mass is 409 g/mol. The van der Waals surface area contributed by atoms with Crippen LogP contribution in [0.15, 0.2) is 53.8 Å². The zero-order valence-electron chi connectivity index (χ0n) is 17.8. The van der Waals surface area contributed by atoms with E-state index in [1.54, 1.807) is 18.5 Å². The summed E-state index contributed by atoms with van der Waals surface area (Å²) in [6.07, 6.45) is 3.89. The van der Waals surface area contributed by atoms with E-state index >= 15 is 0 Å². The number of hydrogen-bond acceptors (Lipinski definition) is 5. The van der Waals surface area contributed by atoms with Crippen molar-refractivity contribution >= 4 is 17.8 Å². The normalized spacial score (nSPS) is 15.6. The van der Waals surface area contributed by atoms with Crippen molar-refractivity contribution in [3.63, 3.8) is 0 Å². The second-order valence-electron chi connectivity index (χ2n) is 7.20. The minimum absolute atomic E-state index is 0.132. The fourth-order valence-corrected chi connectivity index (χ4v) is 3.38. The molecule has 3 rings (SSSR count). The summed E-state index contributed by atoms with van der Waals surface area (Å²) in [5, 5.41) is 6.66. The van der Waals surface area contributed by atoms with Crippen LogP contribution in [0.2, 0.25) is 0 Å². The van der Waals surface area contributed by atoms with Crippen LogP contribution >= 0.6 is 0 Å². The number of nitrogens with one attached hydrogen (secondary N) is 2. The molecular weight excluding hydrogens is 378 g/mol. The van der Waals surface area contributed by atoms with Gasteiger partial charge in [-0.3, -0.25) is 9.79 Å². The van der Waals surface area contributed by atoms with Crippen LogP contribution in [0.4, 0.5) is 5.95 Å². The van der Waals surface area contributed by atoms with Crippen LogP contribution in [0.25, 0.3) is 0 Å². The van der Waals surface area contributed by atoms with E-state index in [4.69, 9.17) is 0 Å². The van der Waals surface area contributed by atoms with Crippen LogP contribution in [-0.2, 0) is 4.79 Å². The molecule has 1 atom stereocenters. The van der Waals surface area contributed by atoms with Gasteiger partial charge < -0.3 is 20.4 Å². The molecule has 0 aliphatic carbocycles. The average Bonchev–Trinajstić information content (AvgIpc) is 2.80. The van der Waals surface area contributed by atoms with E-state index < -0.39 is 0 Å². The molecule has 0 saturated carbocycles. The Balaban J connectivity index is 1.46. The summed E-state index contributed by atoms with van der Waals surface area (Å²) < 4.78 is 0. The lowest BCUT2D eigenvalue weighted by Gasteiger charge is -2.34. The summed E-state index contributed by atoms with van der Waals surface area (Å²) in [4.78, 5) is 29.8. The van der Waals surface area contributed by atoms with E-state index in [-0.39, 0.29) is 11.9 Å². The first-order valence-corrected chi connectivity index (χ1v) is 10.6. The molecule has 1 aliphatic heterocycles. The second-order valence-corrected chi connectivity index (χ2v) is 7.20. The number of nitrogens with zero attached hydrogens (tertiary/aromatic N) is 5. The predicted molar refractivity (Wildman–Crippen MR) is 119 cm³/mol. The first-order chi connectivity index (χ1) is 14.7. The van der Waals surface area contributed by atoms with Crippen molar-refractivity contribution < 1.29 is 4.79 Å². The number of anilines is 1. The molecule has 8 nitrogen and oxygen atoms in total. The molecule has 1 aromatic heterocycles. The maximum absolute atomic E-state index is 12.6. The number of carbonyl (C=O) groups is 1. The molecule has 2 N–H and O–H groups in total. The van der Waals surface area contributed by atoms with Crippen molar-refractivity contribution in [2.24, 2.45) is 4.99 Å². The minimum Gasteiger partial charge on any atom is -0.357 e. The summed E-state index contributed by atoms with van der Waals surface area (Å²) in [5.74, 6) is 1.59. The highest BCUT2D eigenvalue weighted by Gasteiger charge is 2.22. The topological polar surface area (TPSA) is 85.8 Å². The van der Waals surface area contributed by atoms with Crippen LogP contribution in [0.5, 0.6) is 0 Å². The Hall–Kier alpha value is -3.16. The number of hydrogen-bond donors (Lipinski definition) is 2. The third kappa shape index (κ3) is 6.17. The molecule has 1 saturated heterocycles. The summed E-state index contributed by atoms with van der Waals surface area (Å²) in [7, 11) is 0. The van der Waals surface area contributed by atoms with Gasteiger partial charge in [-0.1, -0.05) is 30.3 Å². The lowest BCUT2D eigenvalue weighted by Crippen LogP contribution is -2.49. The number of rotatable bonds is 7. The number of guanidine groups is 1. The summed E-state index contributed by atoms with van der Waals surface area (Å²) >= 11 is 0. The van der Waals surface area contributed by atoms with Gasteiger partial charge in [0.15, 0.2) is 5.96 Å². The van der Waals surface area contributed by atoms with Crippen LogP contribution in [0.1, 0.15) is 31.9 Å². The Bertz CT molecular complexity index is 805. The molecular formula is C22H31N7O. The lowest BCUT2D eigenvalue weighted by molar-refractivity contribution is -0.131. The molecule has 0 radical (unpaired) electrons.